The van der Waals surface area contributed by atoms with Crippen molar-refractivity contribution in [2.24, 2.45) is 7.05 Å². The highest BCUT2D eigenvalue weighted by Crippen LogP contribution is 2.16. The van der Waals surface area contributed by atoms with Crippen LogP contribution in [0.3, 0.4) is 0 Å². The number of aromatic amines is 1. The Hall–Kier alpha value is -2.44. The van der Waals surface area contributed by atoms with Crippen LogP contribution in [-0.2, 0) is 31.1 Å². The van der Waals surface area contributed by atoms with Crippen molar-refractivity contribution in [3.8, 4) is 0 Å². The Balaban J connectivity index is 1.66. The molecule has 3 heterocycles. The van der Waals surface area contributed by atoms with Crippen LogP contribution in [0, 0.1) is 20.8 Å². The van der Waals surface area contributed by atoms with Crippen molar-refractivity contribution in [3.05, 3.63) is 44.4 Å². The minimum atomic E-state index is -0.0709. The standard InChI is InChI=1S/C18H25N5O2/c1-11-14(12(2)22(4)21-11)5-6-17(24)23-9-7-15-16(8-10-23)19-13(3)20-18(15)25/h5-10H2,1-4H3,(H,19,20,25). The van der Waals surface area contributed by atoms with Gasteiger partial charge in [-0.25, -0.2) is 4.98 Å². The molecule has 0 radical (unpaired) electrons. The zero-order valence-corrected chi connectivity index (χ0v) is 15.3. The fourth-order valence-electron chi connectivity index (χ4n) is 3.55. The highest BCUT2D eigenvalue weighted by molar-refractivity contribution is 5.76. The van der Waals surface area contributed by atoms with Gasteiger partial charge in [0.1, 0.15) is 5.82 Å². The van der Waals surface area contributed by atoms with Crippen LogP contribution < -0.4 is 5.56 Å². The van der Waals surface area contributed by atoms with Crippen LogP contribution in [0.15, 0.2) is 4.79 Å². The first-order valence-corrected chi connectivity index (χ1v) is 8.72. The van der Waals surface area contributed by atoms with Crippen LogP contribution in [0.4, 0.5) is 0 Å². The van der Waals surface area contributed by atoms with Crippen LogP contribution >= 0.6 is 0 Å². The smallest absolute Gasteiger partial charge is 0.254 e. The lowest BCUT2D eigenvalue weighted by atomic mass is 10.1. The van der Waals surface area contributed by atoms with Crippen molar-refractivity contribution < 1.29 is 4.79 Å². The molecule has 0 aromatic carbocycles. The van der Waals surface area contributed by atoms with Gasteiger partial charge in [0.15, 0.2) is 0 Å². The molecule has 0 atom stereocenters. The van der Waals surface area contributed by atoms with E-state index in [1.165, 1.54) is 0 Å². The Morgan fingerprint density at radius 3 is 2.60 bits per heavy atom. The third-order valence-electron chi connectivity index (χ3n) is 5.07. The third kappa shape index (κ3) is 3.50. The molecule has 0 saturated heterocycles. The predicted octanol–water partition coefficient (Wildman–Crippen LogP) is 0.989. The summed E-state index contributed by atoms with van der Waals surface area (Å²) in [6.07, 6.45) is 2.36. The molecular weight excluding hydrogens is 318 g/mol. The lowest BCUT2D eigenvalue weighted by molar-refractivity contribution is -0.131. The van der Waals surface area contributed by atoms with Gasteiger partial charge >= 0.3 is 0 Å². The number of aryl methyl sites for hydroxylation is 3. The third-order valence-corrected chi connectivity index (χ3v) is 5.07. The van der Waals surface area contributed by atoms with Crippen LogP contribution in [-0.4, -0.2) is 43.6 Å². The van der Waals surface area contributed by atoms with Gasteiger partial charge in [0.2, 0.25) is 5.91 Å². The normalized spacial score (nSPS) is 14.3. The van der Waals surface area contributed by atoms with Crippen LogP contribution in [0.5, 0.6) is 0 Å². The zero-order valence-electron chi connectivity index (χ0n) is 15.3. The van der Waals surface area contributed by atoms with Crippen molar-refractivity contribution >= 4 is 5.91 Å². The first-order chi connectivity index (χ1) is 11.9. The maximum Gasteiger partial charge on any atom is 0.254 e. The second kappa shape index (κ2) is 6.82. The molecule has 0 bridgehead atoms. The molecule has 7 nitrogen and oxygen atoms in total. The minimum Gasteiger partial charge on any atom is -0.342 e. The monoisotopic (exact) mass is 343 g/mol. The molecule has 134 valence electrons. The van der Waals surface area contributed by atoms with E-state index in [0.717, 1.165) is 28.2 Å². The second-order valence-electron chi connectivity index (χ2n) is 6.73. The molecule has 1 aliphatic heterocycles. The van der Waals surface area contributed by atoms with Crippen LogP contribution in [0.1, 0.15) is 40.5 Å². The summed E-state index contributed by atoms with van der Waals surface area (Å²) in [4.78, 5) is 33.8. The van der Waals surface area contributed by atoms with Crippen LogP contribution in [0.25, 0.3) is 0 Å². The predicted molar refractivity (Wildman–Crippen MR) is 94.6 cm³/mol. The maximum absolute atomic E-state index is 12.6. The second-order valence-corrected chi connectivity index (χ2v) is 6.73. The van der Waals surface area contributed by atoms with Crippen molar-refractivity contribution in [1.82, 2.24) is 24.6 Å². The molecule has 7 heteroatoms. The van der Waals surface area contributed by atoms with E-state index in [-0.39, 0.29) is 11.5 Å². The molecule has 1 amide bonds. The number of nitrogens with one attached hydrogen (secondary N) is 1. The Morgan fingerprint density at radius 1 is 1.20 bits per heavy atom. The fourth-order valence-corrected chi connectivity index (χ4v) is 3.55. The molecule has 2 aromatic rings. The van der Waals surface area contributed by atoms with Gasteiger partial charge in [-0.3, -0.25) is 14.3 Å². The van der Waals surface area contributed by atoms with Gasteiger partial charge in [-0.05, 0) is 39.2 Å². The summed E-state index contributed by atoms with van der Waals surface area (Å²) in [6.45, 7) is 6.99. The van der Waals surface area contributed by atoms with Crippen LogP contribution in [0.2, 0.25) is 0 Å². The number of hydrogen-bond acceptors (Lipinski definition) is 4. The van der Waals surface area contributed by atoms with E-state index in [9.17, 15) is 9.59 Å². The van der Waals surface area contributed by atoms with Gasteiger partial charge in [-0.1, -0.05) is 0 Å². The van der Waals surface area contributed by atoms with Crippen molar-refractivity contribution in [2.75, 3.05) is 13.1 Å². The van der Waals surface area contributed by atoms with Gasteiger partial charge < -0.3 is 9.88 Å². The summed E-state index contributed by atoms with van der Waals surface area (Å²) in [5, 5.41) is 4.41. The van der Waals surface area contributed by atoms with E-state index < -0.39 is 0 Å². The number of fused-ring (bicyclic) bond motifs is 1. The number of nitrogens with zero attached hydrogens (tertiary/aromatic N) is 4. The first-order valence-electron chi connectivity index (χ1n) is 8.72. The average molecular weight is 343 g/mol. The largest absolute Gasteiger partial charge is 0.342 e. The SMILES string of the molecule is Cc1nc2c(c(=O)[nH]1)CCN(C(=O)CCc1c(C)nn(C)c1C)CC2. The zero-order chi connectivity index (χ0) is 18.1. The number of rotatable bonds is 3. The molecular formula is C18H25N5O2. The van der Waals surface area contributed by atoms with Crippen molar-refractivity contribution in [1.29, 1.82) is 0 Å². The molecule has 0 spiro atoms. The molecule has 0 unspecified atom stereocenters. The molecule has 0 fully saturated rings. The number of amides is 1. The summed E-state index contributed by atoms with van der Waals surface area (Å²) in [7, 11) is 1.92. The highest BCUT2D eigenvalue weighted by Gasteiger charge is 2.22. The molecule has 0 saturated carbocycles. The molecule has 3 rings (SSSR count). The van der Waals surface area contributed by atoms with E-state index in [1.807, 2.05) is 30.5 Å². The molecule has 25 heavy (non-hydrogen) atoms. The van der Waals surface area contributed by atoms with Crippen molar-refractivity contribution in [3.63, 3.8) is 0 Å². The number of carbonyl (C=O) groups excluding carboxylic acids is 1. The molecule has 1 N–H and O–H groups in total. The Morgan fingerprint density at radius 2 is 1.92 bits per heavy atom. The van der Waals surface area contributed by atoms with Gasteiger partial charge in [0, 0.05) is 44.2 Å². The van der Waals surface area contributed by atoms with Gasteiger partial charge in [-0.2, -0.15) is 5.10 Å². The summed E-state index contributed by atoms with van der Waals surface area (Å²) < 4.78 is 1.86. The Kier molecular flexibility index (Phi) is 4.74. The number of H-pyrrole nitrogens is 1. The summed E-state index contributed by atoms with van der Waals surface area (Å²) in [5.41, 5.74) is 4.73. The lowest BCUT2D eigenvalue weighted by Gasteiger charge is -2.20. The van der Waals surface area contributed by atoms with E-state index in [4.69, 9.17) is 0 Å². The van der Waals surface area contributed by atoms with Gasteiger partial charge in [-0.15, -0.1) is 0 Å². The summed E-state index contributed by atoms with van der Waals surface area (Å²) >= 11 is 0. The fraction of sp³-hybridized carbons (Fsp3) is 0.556. The van der Waals surface area contributed by atoms with E-state index in [0.29, 0.717) is 44.6 Å². The van der Waals surface area contributed by atoms with E-state index in [2.05, 4.69) is 15.1 Å². The molecule has 1 aliphatic rings. The Bertz CT molecular complexity index is 865. The number of aromatic nitrogens is 4. The Labute approximate surface area is 147 Å². The number of carbonyl (C=O) groups is 1. The quantitative estimate of drug-likeness (QED) is 0.901. The van der Waals surface area contributed by atoms with Gasteiger partial charge in [0.05, 0.1) is 11.4 Å². The first kappa shape index (κ1) is 17.4. The van der Waals surface area contributed by atoms with Crippen molar-refractivity contribution in [2.45, 2.75) is 46.5 Å². The number of hydrogen-bond donors (Lipinski definition) is 1. The average Bonchev–Trinajstić information content (AvgIpc) is 2.72. The minimum absolute atomic E-state index is 0.0709. The molecule has 2 aromatic heterocycles. The molecule has 0 aliphatic carbocycles. The lowest BCUT2D eigenvalue weighted by Crippen LogP contribution is -2.33. The summed E-state index contributed by atoms with van der Waals surface area (Å²) in [5.74, 6) is 0.759. The summed E-state index contributed by atoms with van der Waals surface area (Å²) in [6, 6.07) is 0. The topological polar surface area (TPSA) is 83.9 Å². The van der Waals surface area contributed by atoms with E-state index >= 15 is 0 Å². The van der Waals surface area contributed by atoms with E-state index in [1.54, 1.807) is 6.92 Å². The maximum atomic E-state index is 12.6. The van der Waals surface area contributed by atoms with Gasteiger partial charge in [0.25, 0.3) is 5.56 Å². The highest BCUT2D eigenvalue weighted by atomic mass is 16.2.